The largest absolute Gasteiger partial charge is 0.367 e. The van der Waals surface area contributed by atoms with Crippen molar-refractivity contribution in [1.82, 2.24) is 4.98 Å². The van der Waals surface area contributed by atoms with Gasteiger partial charge in [0.05, 0.1) is 0 Å². The van der Waals surface area contributed by atoms with Gasteiger partial charge in [-0.1, -0.05) is 22.4 Å². The third kappa shape index (κ3) is 2.27. The smallest absolute Gasteiger partial charge is 0.127 e. The minimum Gasteiger partial charge on any atom is -0.367 e. The first kappa shape index (κ1) is 9.97. The second kappa shape index (κ2) is 4.30. The topological polar surface area (TPSA) is 24.9 Å². The predicted molar refractivity (Wildman–Crippen MR) is 62.4 cm³/mol. The van der Waals surface area contributed by atoms with E-state index in [0.29, 0.717) is 6.04 Å². The van der Waals surface area contributed by atoms with Crippen LogP contribution in [0.1, 0.15) is 26.2 Å². The van der Waals surface area contributed by atoms with Crippen molar-refractivity contribution in [1.29, 1.82) is 0 Å². The maximum Gasteiger partial charge on any atom is 0.127 e. The molecule has 1 aromatic rings. The van der Waals surface area contributed by atoms with E-state index in [1.165, 1.54) is 19.3 Å². The molecule has 0 bridgehead atoms. The van der Waals surface area contributed by atoms with Gasteiger partial charge in [0.2, 0.25) is 0 Å². The van der Waals surface area contributed by atoms with Crippen LogP contribution < -0.4 is 5.32 Å². The van der Waals surface area contributed by atoms with Gasteiger partial charge in [0.1, 0.15) is 5.82 Å². The first-order valence-electron chi connectivity index (χ1n) is 5.14. The molecule has 14 heavy (non-hydrogen) atoms. The number of nitrogens with zero attached hydrogens (tertiary/aromatic N) is 1. The number of hydrogen-bond acceptors (Lipinski definition) is 2. The Kier molecular flexibility index (Phi) is 3.06. The molecule has 0 aliphatic heterocycles. The Bertz CT molecular complexity index is 310. The van der Waals surface area contributed by atoms with Crippen LogP contribution in [0.2, 0.25) is 0 Å². The van der Waals surface area contributed by atoms with E-state index in [4.69, 9.17) is 0 Å². The number of hydrogen-bond donors (Lipinski definition) is 1. The summed E-state index contributed by atoms with van der Waals surface area (Å²) in [6.07, 6.45) is 5.94. The molecule has 1 saturated carbocycles. The van der Waals surface area contributed by atoms with Gasteiger partial charge in [0.25, 0.3) is 0 Å². The van der Waals surface area contributed by atoms with Crippen molar-refractivity contribution in [2.75, 3.05) is 5.32 Å². The second-order valence-electron chi connectivity index (χ2n) is 3.98. The normalized spacial score (nSPS) is 18.7. The van der Waals surface area contributed by atoms with Crippen LogP contribution in [0.4, 0.5) is 5.82 Å². The summed E-state index contributed by atoms with van der Waals surface area (Å²) in [5, 5.41) is 3.44. The van der Waals surface area contributed by atoms with Gasteiger partial charge in [-0.3, -0.25) is 0 Å². The molecule has 1 aromatic heterocycles. The fourth-order valence-electron chi connectivity index (χ4n) is 1.77. The highest BCUT2D eigenvalue weighted by Gasteiger charge is 2.23. The van der Waals surface area contributed by atoms with Crippen LogP contribution in [-0.4, -0.2) is 11.0 Å². The first-order chi connectivity index (χ1) is 6.75. The molecule has 1 aliphatic rings. The maximum absolute atomic E-state index is 4.28. The Morgan fingerprint density at radius 1 is 1.57 bits per heavy atom. The standard InChI is InChI=1S/C11H15BrN2/c1-8(9-3-2-4-9)14-11-7-10(12)5-6-13-11/h5-9H,2-4H2,1H3,(H,13,14)/t8-/m0/s1. The summed E-state index contributed by atoms with van der Waals surface area (Å²) in [6.45, 7) is 2.24. The fraction of sp³-hybridized carbons (Fsp3) is 0.545. The monoisotopic (exact) mass is 254 g/mol. The van der Waals surface area contributed by atoms with Gasteiger partial charge in [-0.15, -0.1) is 0 Å². The summed E-state index contributed by atoms with van der Waals surface area (Å²) in [6, 6.07) is 4.51. The SMILES string of the molecule is C[C@H](Nc1cc(Br)ccn1)C1CCC1. The third-order valence-corrected chi connectivity index (χ3v) is 3.45. The summed E-state index contributed by atoms with van der Waals surface area (Å²) in [5.41, 5.74) is 0. The fourth-order valence-corrected chi connectivity index (χ4v) is 2.11. The maximum atomic E-state index is 4.28. The molecule has 3 heteroatoms. The highest BCUT2D eigenvalue weighted by atomic mass is 79.9. The zero-order valence-electron chi connectivity index (χ0n) is 8.33. The van der Waals surface area contributed by atoms with Crippen LogP contribution in [0.25, 0.3) is 0 Å². The van der Waals surface area contributed by atoms with Gasteiger partial charge in [0.15, 0.2) is 0 Å². The predicted octanol–water partition coefficient (Wildman–Crippen LogP) is 3.44. The van der Waals surface area contributed by atoms with E-state index in [2.05, 4.69) is 33.2 Å². The third-order valence-electron chi connectivity index (χ3n) is 2.95. The van der Waals surface area contributed by atoms with Crippen molar-refractivity contribution in [2.45, 2.75) is 32.2 Å². The Hall–Kier alpha value is -0.570. The molecule has 2 nitrogen and oxygen atoms in total. The molecule has 0 aromatic carbocycles. The lowest BCUT2D eigenvalue weighted by Crippen LogP contribution is -2.31. The van der Waals surface area contributed by atoms with E-state index in [1.54, 1.807) is 0 Å². The lowest BCUT2D eigenvalue weighted by molar-refractivity contribution is 0.285. The van der Waals surface area contributed by atoms with Gasteiger partial charge in [-0.05, 0) is 37.8 Å². The van der Waals surface area contributed by atoms with Gasteiger partial charge in [-0.2, -0.15) is 0 Å². The number of rotatable bonds is 3. The van der Waals surface area contributed by atoms with E-state index >= 15 is 0 Å². The molecule has 1 atom stereocenters. The first-order valence-corrected chi connectivity index (χ1v) is 5.93. The van der Waals surface area contributed by atoms with Crippen LogP contribution in [0.3, 0.4) is 0 Å². The number of nitrogens with one attached hydrogen (secondary N) is 1. The van der Waals surface area contributed by atoms with Crippen LogP contribution in [0.5, 0.6) is 0 Å². The summed E-state index contributed by atoms with van der Waals surface area (Å²) in [7, 11) is 0. The molecular weight excluding hydrogens is 240 g/mol. The Balaban J connectivity index is 1.95. The number of pyridine rings is 1. The molecule has 0 radical (unpaired) electrons. The zero-order chi connectivity index (χ0) is 9.97. The van der Waals surface area contributed by atoms with Crippen LogP contribution >= 0.6 is 15.9 Å². The minimum absolute atomic E-state index is 0.547. The molecule has 0 spiro atoms. The summed E-state index contributed by atoms with van der Waals surface area (Å²) < 4.78 is 1.08. The lowest BCUT2D eigenvalue weighted by Gasteiger charge is -2.32. The Morgan fingerprint density at radius 2 is 2.36 bits per heavy atom. The van der Waals surface area contributed by atoms with Crippen molar-refractivity contribution in [3.63, 3.8) is 0 Å². The average molecular weight is 255 g/mol. The van der Waals surface area contributed by atoms with Crippen molar-refractivity contribution < 1.29 is 0 Å². The molecule has 0 saturated heterocycles. The molecule has 1 N–H and O–H groups in total. The highest BCUT2D eigenvalue weighted by molar-refractivity contribution is 9.10. The van der Waals surface area contributed by atoms with Gasteiger partial charge in [-0.25, -0.2) is 4.98 Å². The van der Waals surface area contributed by atoms with Crippen molar-refractivity contribution >= 4 is 21.7 Å². The zero-order valence-corrected chi connectivity index (χ0v) is 9.92. The number of halogens is 1. The van der Waals surface area contributed by atoms with E-state index in [0.717, 1.165) is 16.2 Å². The van der Waals surface area contributed by atoms with Crippen molar-refractivity contribution in [2.24, 2.45) is 5.92 Å². The van der Waals surface area contributed by atoms with Crippen LogP contribution in [-0.2, 0) is 0 Å². The van der Waals surface area contributed by atoms with Gasteiger partial charge in [0, 0.05) is 16.7 Å². The molecule has 1 heterocycles. The number of aromatic nitrogens is 1. The highest BCUT2D eigenvalue weighted by Crippen LogP contribution is 2.30. The Labute approximate surface area is 93.3 Å². The summed E-state index contributed by atoms with van der Waals surface area (Å²) in [5.74, 6) is 1.81. The average Bonchev–Trinajstić information content (AvgIpc) is 1.99. The van der Waals surface area contributed by atoms with E-state index in [9.17, 15) is 0 Å². The molecular formula is C11H15BrN2. The molecule has 76 valence electrons. The van der Waals surface area contributed by atoms with Gasteiger partial charge < -0.3 is 5.32 Å². The van der Waals surface area contributed by atoms with Crippen LogP contribution in [0, 0.1) is 5.92 Å². The molecule has 2 rings (SSSR count). The van der Waals surface area contributed by atoms with Crippen molar-refractivity contribution in [3.05, 3.63) is 22.8 Å². The molecule has 1 fully saturated rings. The van der Waals surface area contributed by atoms with Crippen LogP contribution in [0.15, 0.2) is 22.8 Å². The van der Waals surface area contributed by atoms with E-state index in [-0.39, 0.29) is 0 Å². The van der Waals surface area contributed by atoms with Crippen molar-refractivity contribution in [3.8, 4) is 0 Å². The number of anilines is 1. The summed E-state index contributed by atoms with van der Waals surface area (Å²) in [4.78, 5) is 4.28. The molecule has 0 amide bonds. The van der Waals surface area contributed by atoms with E-state index in [1.807, 2.05) is 18.3 Å². The van der Waals surface area contributed by atoms with E-state index < -0.39 is 0 Å². The Morgan fingerprint density at radius 3 is 2.93 bits per heavy atom. The quantitative estimate of drug-likeness (QED) is 0.894. The lowest BCUT2D eigenvalue weighted by atomic mass is 9.80. The minimum atomic E-state index is 0.547. The van der Waals surface area contributed by atoms with Gasteiger partial charge >= 0.3 is 0 Å². The molecule has 0 unspecified atom stereocenters. The second-order valence-corrected chi connectivity index (χ2v) is 4.90. The summed E-state index contributed by atoms with van der Waals surface area (Å²) >= 11 is 3.44. The molecule has 1 aliphatic carbocycles.